The molecule has 0 aromatic carbocycles. The van der Waals surface area contributed by atoms with Crippen LogP contribution in [0.2, 0.25) is 0 Å². The van der Waals surface area contributed by atoms with Crippen LogP contribution in [0.3, 0.4) is 0 Å². The van der Waals surface area contributed by atoms with E-state index in [2.05, 4.69) is 10.3 Å². The maximum atomic E-state index is 5.41. The summed E-state index contributed by atoms with van der Waals surface area (Å²) in [4.78, 5) is 4.56. The van der Waals surface area contributed by atoms with Crippen molar-refractivity contribution in [3.63, 3.8) is 0 Å². The van der Waals surface area contributed by atoms with E-state index in [1.807, 2.05) is 11.8 Å². The van der Waals surface area contributed by atoms with Crippen molar-refractivity contribution in [2.45, 2.75) is 30.9 Å². The van der Waals surface area contributed by atoms with E-state index in [4.69, 9.17) is 9.47 Å². The third kappa shape index (κ3) is 5.16. The molecule has 1 aliphatic carbocycles. The summed E-state index contributed by atoms with van der Waals surface area (Å²) >= 11 is 1.95. The summed E-state index contributed by atoms with van der Waals surface area (Å²) < 4.78 is 10.3. The van der Waals surface area contributed by atoms with Crippen molar-refractivity contribution >= 4 is 16.9 Å². The third-order valence-electron chi connectivity index (χ3n) is 3.25. The molecule has 1 atom stereocenters. The molecular weight excluding hydrogens is 248 g/mol. The van der Waals surface area contributed by atoms with Crippen LogP contribution in [-0.2, 0) is 9.47 Å². The Bertz CT molecular complexity index is 270. The monoisotopic (exact) mass is 272 g/mol. The molecule has 2 rings (SSSR count). The Hall–Kier alpha value is -0.260. The normalized spacial score (nSPS) is 23.2. The van der Waals surface area contributed by atoms with Gasteiger partial charge in [-0.3, -0.25) is 4.99 Å². The zero-order chi connectivity index (χ0) is 12.6. The highest BCUT2D eigenvalue weighted by Gasteiger charge is 2.35. The first-order valence-electron chi connectivity index (χ1n) is 6.92. The van der Waals surface area contributed by atoms with Gasteiger partial charge in [-0.05, 0) is 31.6 Å². The molecule has 1 unspecified atom stereocenters. The Kier molecular flexibility index (Phi) is 6.31. The number of thioether (sulfide) groups is 1. The van der Waals surface area contributed by atoms with E-state index < -0.39 is 0 Å². The second-order valence-corrected chi connectivity index (χ2v) is 6.11. The molecule has 4 nitrogen and oxygen atoms in total. The van der Waals surface area contributed by atoms with Crippen molar-refractivity contribution in [2.75, 3.05) is 40.0 Å². The molecule has 0 saturated heterocycles. The largest absolute Gasteiger partial charge is 0.382 e. The highest BCUT2D eigenvalue weighted by Crippen LogP contribution is 2.41. The first-order chi connectivity index (χ1) is 8.90. The number of nitrogens with one attached hydrogen (secondary N) is 1. The number of nitrogens with zero attached hydrogens (tertiary/aromatic N) is 1. The molecule has 5 heteroatoms. The van der Waals surface area contributed by atoms with Crippen molar-refractivity contribution in [3.8, 4) is 0 Å². The van der Waals surface area contributed by atoms with Crippen LogP contribution in [0, 0.1) is 5.92 Å². The fourth-order valence-electron chi connectivity index (χ4n) is 1.97. The van der Waals surface area contributed by atoms with E-state index in [1.54, 1.807) is 7.11 Å². The van der Waals surface area contributed by atoms with Crippen LogP contribution >= 0.6 is 11.8 Å². The maximum absolute atomic E-state index is 5.41. The molecule has 1 heterocycles. The van der Waals surface area contributed by atoms with E-state index >= 15 is 0 Å². The first-order valence-corrected chi connectivity index (χ1v) is 7.80. The van der Waals surface area contributed by atoms with Gasteiger partial charge in [-0.15, -0.1) is 0 Å². The highest BCUT2D eigenvalue weighted by atomic mass is 32.2. The van der Waals surface area contributed by atoms with Gasteiger partial charge in [0, 0.05) is 25.5 Å². The number of methoxy groups -OCH3 is 1. The van der Waals surface area contributed by atoms with E-state index in [1.165, 1.54) is 12.8 Å². The molecule has 18 heavy (non-hydrogen) atoms. The van der Waals surface area contributed by atoms with E-state index in [9.17, 15) is 0 Å². The summed E-state index contributed by atoms with van der Waals surface area (Å²) in [6, 6.07) is 0. The van der Waals surface area contributed by atoms with Gasteiger partial charge in [0.1, 0.15) is 0 Å². The summed E-state index contributed by atoms with van der Waals surface area (Å²) in [5.74, 6) is 0.951. The average molecular weight is 272 g/mol. The Morgan fingerprint density at radius 2 is 2.17 bits per heavy atom. The van der Waals surface area contributed by atoms with Crippen LogP contribution in [0.15, 0.2) is 4.99 Å². The summed E-state index contributed by atoms with van der Waals surface area (Å²) in [6.45, 7) is 4.26. The Balaban J connectivity index is 1.39. The molecule has 0 aromatic rings. The molecule has 1 fully saturated rings. The van der Waals surface area contributed by atoms with Crippen LogP contribution < -0.4 is 5.32 Å². The minimum atomic E-state index is 0.689. The van der Waals surface area contributed by atoms with E-state index in [0.717, 1.165) is 48.9 Å². The van der Waals surface area contributed by atoms with Crippen LogP contribution in [0.1, 0.15) is 25.7 Å². The lowest BCUT2D eigenvalue weighted by Gasteiger charge is -2.08. The summed E-state index contributed by atoms with van der Waals surface area (Å²) in [6.07, 6.45) is 5.07. The van der Waals surface area contributed by atoms with Crippen molar-refractivity contribution < 1.29 is 9.47 Å². The van der Waals surface area contributed by atoms with Crippen LogP contribution in [0.25, 0.3) is 0 Å². The average Bonchev–Trinajstić information content (AvgIpc) is 3.13. The molecule has 0 amide bonds. The Morgan fingerprint density at radius 3 is 2.94 bits per heavy atom. The smallest absolute Gasteiger partial charge is 0.156 e. The van der Waals surface area contributed by atoms with Crippen molar-refractivity contribution in [1.82, 2.24) is 5.32 Å². The molecular formula is C13H24N2O2S. The van der Waals surface area contributed by atoms with Crippen LogP contribution in [-0.4, -0.2) is 50.4 Å². The lowest BCUT2D eigenvalue weighted by molar-refractivity contribution is 0.0689. The first kappa shape index (κ1) is 14.2. The second-order valence-electron chi connectivity index (χ2n) is 4.88. The maximum Gasteiger partial charge on any atom is 0.156 e. The fraction of sp³-hybridized carbons (Fsp3) is 0.923. The topological polar surface area (TPSA) is 42.9 Å². The minimum absolute atomic E-state index is 0.689. The number of hydrogen-bond donors (Lipinski definition) is 1. The number of unbranched alkanes of at least 4 members (excludes halogenated alkanes) is 1. The quantitative estimate of drug-likeness (QED) is 0.651. The minimum Gasteiger partial charge on any atom is -0.382 e. The van der Waals surface area contributed by atoms with Gasteiger partial charge in [0.05, 0.1) is 19.8 Å². The molecule has 1 aliphatic heterocycles. The Labute approximate surface area is 114 Å². The zero-order valence-electron chi connectivity index (χ0n) is 11.2. The highest BCUT2D eigenvalue weighted by molar-refractivity contribution is 8.14. The molecule has 104 valence electrons. The van der Waals surface area contributed by atoms with Gasteiger partial charge in [0.15, 0.2) is 5.17 Å². The van der Waals surface area contributed by atoms with Gasteiger partial charge in [0.2, 0.25) is 0 Å². The molecule has 1 saturated carbocycles. The number of hydrogen-bond acceptors (Lipinski definition) is 5. The lowest BCUT2D eigenvalue weighted by atomic mass is 10.3. The predicted molar refractivity (Wildman–Crippen MR) is 76.3 cm³/mol. The Morgan fingerprint density at radius 1 is 1.28 bits per heavy atom. The molecule has 0 spiro atoms. The van der Waals surface area contributed by atoms with Crippen molar-refractivity contribution in [3.05, 3.63) is 0 Å². The van der Waals surface area contributed by atoms with Crippen LogP contribution in [0.5, 0.6) is 0 Å². The van der Waals surface area contributed by atoms with Gasteiger partial charge in [-0.2, -0.15) is 0 Å². The van der Waals surface area contributed by atoms with Gasteiger partial charge >= 0.3 is 0 Å². The number of amidine groups is 1. The standard InChI is InChI=1S/C13H24N2O2S/c1-16-8-9-17-7-3-2-6-14-13-15-10-12(18-13)11-4-5-11/h11-12H,2-10H2,1H3,(H,14,15). The number of aliphatic imine (C=N–C) groups is 1. The van der Waals surface area contributed by atoms with Crippen molar-refractivity contribution in [1.29, 1.82) is 0 Å². The third-order valence-corrected chi connectivity index (χ3v) is 4.58. The van der Waals surface area contributed by atoms with E-state index in [0.29, 0.717) is 13.2 Å². The molecule has 0 radical (unpaired) electrons. The van der Waals surface area contributed by atoms with Gasteiger partial charge in [0.25, 0.3) is 0 Å². The summed E-state index contributed by atoms with van der Waals surface area (Å²) in [7, 11) is 1.70. The zero-order valence-corrected chi connectivity index (χ0v) is 12.0. The predicted octanol–water partition coefficient (Wildman–Crippen LogP) is 1.90. The number of ether oxygens (including phenoxy) is 2. The fourth-order valence-corrected chi connectivity index (χ4v) is 3.21. The lowest BCUT2D eigenvalue weighted by Crippen LogP contribution is -2.21. The molecule has 0 bridgehead atoms. The molecule has 2 aliphatic rings. The summed E-state index contributed by atoms with van der Waals surface area (Å²) in [5, 5.41) is 5.36. The SMILES string of the molecule is COCCOCCCCNC1=NCC(C2CC2)S1. The van der Waals surface area contributed by atoms with Crippen LogP contribution in [0.4, 0.5) is 0 Å². The van der Waals surface area contributed by atoms with Crippen molar-refractivity contribution in [2.24, 2.45) is 10.9 Å². The van der Waals surface area contributed by atoms with Gasteiger partial charge in [-0.25, -0.2) is 0 Å². The van der Waals surface area contributed by atoms with Gasteiger partial charge in [-0.1, -0.05) is 11.8 Å². The van der Waals surface area contributed by atoms with E-state index in [-0.39, 0.29) is 0 Å². The second kappa shape index (κ2) is 8.02. The molecule has 0 aromatic heterocycles. The summed E-state index contributed by atoms with van der Waals surface area (Å²) in [5.41, 5.74) is 0. The molecule has 1 N–H and O–H groups in total. The van der Waals surface area contributed by atoms with Gasteiger partial charge < -0.3 is 14.8 Å². The number of rotatable bonds is 9.